The lowest BCUT2D eigenvalue weighted by atomic mass is 10.2. The van der Waals surface area contributed by atoms with E-state index < -0.39 is 0 Å². The first-order valence-electron chi connectivity index (χ1n) is 6.76. The number of ether oxygens (including phenoxy) is 1. The smallest absolute Gasteiger partial charge is 0.191 e. The Kier molecular flexibility index (Phi) is 7.91. The number of aliphatic imine (C=N–C) groups is 1. The molecule has 1 aromatic carbocycles. The maximum Gasteiger partial charge on any atom is 0.191 e. The van der Waals surface area contributed by atoms with Gasteiger partial charge in [0.2, 0.25) is 0 Å². The van der Waals surface area contributed by atoms with Crippen LogP contribution < -0.4 is 15.4 Å². The minimum Gasteiger partial charge on any atom is -0.489 e. The highest BCUT2D eigenvalue weighted by atomic mass is 16.5. The Morgan fingerprint density at radius 2 is 2.20 bits per heavy atom. The summed E-state index contributed by atoms with van der Waals surface area (Å²) in [5, 5.41) is 15.0. The highest BCUT2D eigenvalue weighted by molar-refractivity contribution is 5.79. The Labute approximate surface area is 120 Å². The fourth-order valence-electron chi connectivity index (χ4n) is 1.60. The van der Waals surface area contributed by atoms with Crippen molar-refractivity contribution in [3.05, 3.63) is 42.5 Å². The third-order valence-electron chi connectivity index (χ3n) is 2.49. The summed E-state index contributed by atoms with van der Waals surface area (Å²) in [7, 11) is 0. The first-order chi connectivity index (χ1) is 9.81. The lowest BCUT2D eigenvalue weighted by molar-refractivity contribution is 0.300. The standard InChI is InChI=1S/C15H23N3O2/c1-3-11-20-14-8-6-5-7-13(14)12-18-15(16-4-2)17-9-10-19/h3,5-8,19H,1,4,9-12H2,2H3,(H2,16,17,18). The van der Waals surface area contributed by atoms with Crippen LogP contribution in [0.5, 0.6) is 5.75 Å². The number of nitrogens with one attached hydrogen (secondary N) is 2. The van der Waals surface area contributed by atoms with Crippen molar-refractivity contribution in [1.82, 2.24) is 10.6 Å². The molecule has 1 aromatic rings. The van der Waals surface area contributed by atoms with Crippen LogP contribution in [0.15, 0.2) is 41.9 Å². The molecule has 0 aliphatic heterocycles. The van der Waals surface area contributed by atoms with Crippen LogP contribution in [0.3, 0.4) is 0 Å². The van der Waals surface area contributed by atoms with Gasteiger partial charge < -0.3 is 20.5 Å². The molecule has 5 nitrogen and oxygen atoms in total. The van der Waals surface area contributed by atoms with E-state index in [0.717, 1.165) is 17.9 Å². The van der Waals surface area contributed by atoms with Gasteiger partial charge in [-0.15, -0.1) is 0 Å². The summed E-state index contributed by atoms with van der Waals surface area (Å²) >= 11 is 0. The number of benzene rings is 1. The van der Waals surface area contributed by atoms with E-state index in [1.165, 1.54) is 0 Å². The topological polar surface area (TPSA) is 65.9 Å². The summed E-state index contributed by atoms with van der Waals surface area (Å²) in [5.74, 6) is 1.49. The van der Waals surface area contributed by atoms with E-state index in [0.29, 0.717) is 25.7 Å². The van der Waals surface area contributed by atoms with Crippen LogP contribution in [0.1, 0.15) is 12.5 Å². The van der Waals surface area contributed by atoms with Gasteiger partial charge in [0, 0.05) is 18.7 Å². The molecule has 3 N–H and O–H groups in total. The molecule has 0 aromatic heterocycles. The van der Waals surface area contributed by atoms with Gasteiger partial charge in [0.1, 0.15) is 12.4 Å². The molecule has 0 saturated heterocycles. The summed E-state index contributed by atoms with van der Waals surface area (Å²) in [4.78, 5) is 4.47. The Morgan fingerprint density at radius 1 is 1.40 bits per heavy atom. The molecule has 0 saturated carbocycles. The third kappa shape index (κ3) is 5.75. The van der Waals surface area contributed by atoms with Crippen molar-refractivity contribution in [1.29, 1.82) is 0 Å². The van der Waals surface area contributed by atoms with Crippen LogP contribution in [-0.2, 0) is 6.54 Å². The van der Waals surface area contributed by atoms with Crippen LogP contribution in [0.4, 0.5) is 0 Å². The van der Waals surface area contributed by atoms with Gasteiger partial charge in [0.25, 0.3) is 0 Å². The number of hydrogen-bond acceptors (Lipinski definition) is 3. The summed E-state index contributed by atoms with van der Waals surface area (Å²) in [6.45, 7) is 7.94. The van der Waals surface area contributed by atoms with E-state index in [1.54, 1.807) is 6.08 Å². The average Bonchev–Trinajstić information content (AvgIpc) is 2.48. The van der Waals surface area contributed by atoms with Crippen molar-refractivity contribution in [2.24, 2.45) is 4.99 Å². The predicted molar refractivity (Wildman–Crippen MR) is 82.0 cm³/mol. The normalized spacial score (nSPS) is 11.0. The maximum absolute atomic E-state index is 8.84. The molecule has 0 aliphatic rings. The van der Waals surface area contributed by atoms with Gasteiger partial charge >= 0.3 is 0 Å². The van der Waals surface area contributed by atoms with Crippen molar-refractivity contribution in [3.8, 4) is 5.75 Å². The lowest BCUT2D eigenvalue weighted by Crippen LogP contribution is -2.38. The van der Waals surface area contributed by atoms with Crippen LogP contribution in [-0.4, -0.2) is 37.4 Å². The van der Waals surface area contributed by atoms with Gasteiger partial charge in [0.15, 0.2) is 5.96 Å². The van der Waals surface area contributed by atoms with Gasteiger partial charge in [-0.3, -0.25) is 0 Å². The second-order valence-electron chi connectivity index (χ2n) is 4.05. The highest BCUT2D eigenvalue weighted by Crippen LogP contribution is 2.18. The van der Waals surface area contributed by atoms with E-state index in [4.69, 9.17) is 9.84 Å². The van der Waals surface area contributed by atoms with Crippen LogP contribution in [0.2, 0.25) is 0 Å². The Balaban J connectivity index is 2.71. The summed E-state index contributed by atoms with van der Waals surface area (Å²) in [6, 6.07) is 7.79. The van der Waals surface area contributed by atoms with Gasteiger partial charge in [-0.25, -0.2) is 4.99 Å². The lowest BCUT2D eigenvalue weighted by Gasteiger charge is -2.11. The van der Waals surface area contributed by atoms with Crippen molar-refractivity contribution in [2.45, 2.75) is 13.5 Å². The zero-order valence-corrected chi connectivity index (χ0v) is 11.9. The number of hydrogen-bond donors (Lipinski definition) is 3. The minimum atomic E-state index is 0.0729. The molecule has 20 heavy (non-hydrogen) atoms. The molecule has 5 heteroatoms. The number of nitrogens with zero attached hydrogens (tertiary/aromatic N) is 1. The van der Waals surface area contributed by atoms with Crippen molar-refractivity contribution >= 4 is 5.96 Å². The molecule has 110 valence electrons. The fraction of sp³-hybridized carbons (Fsp3) is 0.400. The van der Waals surface area contributed by atoms with Crippen LogP contribution in [0.25, 0.3) is 0 Å². The minimum absolute atomic E-state index is 0.0729. The molecule has 0 amide bonds. The molecule has 0 spiro atoms. The largest absolute Gasteiger partial charge is 0.489 e. The van der Waals surface area contributed by atoms with Gasteiger partial charge in [0.05, 0.1) is 13.2 Å². The second kappa shape index (κ2) is 9.86. The maximum atomic E-state index is 8.84. The quantitative estimate of drug-likeness (QED) is 0.381. The molecule has 0 bridgehead atoms. The Morgan fingerprint density at radius 3 is 2.90 bits per heavy atom. The number of rotatable bonds is 8. The predicted octanol–water partition coefficient (Wildman–Crippen LogP) is 1.30. The van der Waals surface area contributed by atoms with Gasteiger partial charge in [-0.2, -0.15) is 0 Å². The van der Waals surface area contributed by atoms with Gasteiger partial charge in [-0.05, 0) is 13.0 Å². The number of guanidine groups is 1. The Hall–Kier alpha value is -2.01. The van der Waals surface area contributed by atoms with Crippen LogP contribution >= 0.6 is 0 Å². The zero-order valence-electron chi connectivity index (χ0n) is 11.9. The monoisotopic (exact) mass is 277 g/mol. The molecule has 1 rings (SSSR count). The van der Waals surface area contributed by atoms with E-state index >= 15 is 0 Å². The molecule has 0 aliphatic carbocycles. The first-order valence-corrected chi connectivity index (χ1v) is 6.76. The van der Waals surface area contributed by atoms with Crippen molar-refractivity contribution in [2.75, 3.05) is 26.3 Å². The molecule has 0 heterocycles. The molecule has 0 atom stereocenters. The van der Waals surface area contributed by atoms with Gasteiger partial charge in [-0.1, -0.05) is 30.9 Å². The summed E-state index contributed by atoms with van der Waals surface area (Å²) in [5.41, 5.74) is 1.01. The van der Waals surface area contributed by atoms with E-state index in [-0.39, 0.29) is 6.61 Å². The second-order valence-corrected chi connectivity index (χ2v) is 4.05. The number of aliphatic hydroxyl groups is 1. The number of aliphatic hydroxyl groups excluding tert-OH is 1. The fourth-order valence-corrected chi connectivity index (χ4v) is 1.60. The SMILES string of the molecule is C=CCOc1ccccc1CN=C(NCC)NCCO. The Bertz CT molecular complexity index is 433. The number of para-hydroxylation sites is 1. The van der Waals surface area contributed by atoms with Crippen molar-refractivity contribution < 1.29 is 9.84 Å². The van der Waals surface area contributed by atoms with Crippen LogP contribution in [0, 0.1) is 0 Å². The molecule has 0 fully saturated rings. The molecule has 0 unspecified atom stereocenters. The average molecular weight is 277 g/mol. The molecular weight excluding hydrogens is 254 g/mol. The highest BCUT2D eigenvalue weighted by Gasteiger charge is 2.02. The van der Waals surface area contributed by atoms with E-state index in [9.17, 15) is 0 Å². The van der Waals surface area contributed by atoms with E-state index in [1.807, 2.05) is 31.2 Å². The summed E-state index contributed by atoms with van der Waals surface area (Å²) in [6.07, 6.45) is 1.72. The molecule has 0 radical (unpaired) electrons. The third-order valence-corrected chi connectivity index (χ3v) is 2.49. The van der Waals surface area contributed by atoms with E-state index in [2.05, 4.69) is 22.2 Å². The summed E-state index contributed by atoms with van der Waals surface area (Å²) < 4.78 is 5.59. The molecular formula is C15H23N3O2. The first kappa shape index (κ1) is 16.0. The van der Waals surface area contributed by atoms with Crippen molar-refractivity contribution in [3.63, 3.8) is 0 Å². The zero-order chi connectivity index (χ0) is 14.6.